The summed E-state index contributed by atoms with van der Waals surface area (Å²) in [5.74, 6) is 2.81. The topological polar surface area (TPSA) is 59.3 Å². The highest BCUT2D eigenvalue weighted by molar-refractivity contribution is 5.94. The van der Waals surface area contributed by atoms with Crippen LogP contribution in [0, 0.1) is 17.8 Å². The third kappa shape index (κ3) is 2.49. The second-order valence-electron chi connectivity index (χ2n) is 9.11. The molecule has 5 heteroatoms. The van der Waals surface area contributed by atoms with Crippen LogP contribution in [0.2, 0.25) is 0 Å². The van der Waals surface area contributed by atoms with Crippen molar-refractivity contribution in [1.82, 2.24) is 19.7 Å². The van der Waals surface area contributed by atoms with Gasteiger partial charge in [-0.2, -0.15) is 0 Å². The smallest absolute Gasteiger partial charge is 0.288 e. The molecule has 0 radical (unpaired) electrons. The summed E-state index contributed by atoms with van der Waals surface area (Å²) in [4.78, 5) is 22.6. The van der Waals surface area contributed by atoms with Gasteiger partial charge in [0.2, 0.25) is 5.82 Å². The molecule has 28 heavy (non-hydrogen) atoms. The summed E-state index contributed by atoms with van der Waals surface area (Å²) < 4.78 is 1.90. The van der Waals surface area contributed by atoms with Crippen molar-refractivity contribution in [3.8, 4) is 11.4 Å². The Hall–Kier alpha value is -2.69. The van der Waals surface area contributed by atoms with Gasteiger partial charge >= 0.3 is 0 Å². The fourth-order valence-electron chi connectivity index (χ4n) is 6.45. The van der Waals surface area contributed by atoms with Gasteiger partial charge in [-0.05, 0) is 80.5 Å². The van der Waals surface area contributed by atoms with Crippen LogP contribution in [-0.4, -0.2) is 25.8 Å². The zero-order valence-corrected chi connectivity index (χ0v) is 15.8. The summed E-state index contributed by atoms with van der Waals surface area (Å²) in [5.41, 5.74) is 2.45. The molecule has 0 unspecified atom stereocenters. The van der Waals surface area contributed by atoms with Crippen molar-refractivity contribution in [2.45, 2.75) is 44.1 Å². The Labute approximate surface area is 164 Å². The highest BCUT2D eigenvalue weighted by Gasteiger charge is 2.51. The van der Waals surface area contributed by atoms with Crippen LogP contribution in [0.25, 0.3) is 16.9 Å². The first kappa shape index (κ1) is 16.3. The van der Waals surface area contributed by atoms with E-state index in [9.17, 15) is 4.79 Å². The number of amides is 1. The van der Waals surface area contributed by atoms with E-state index in [1.54, 1.807) is 6.20 Å². The first-order valence-electron chi connectivity index (χ1n) is 10.4. The minimum atomic E-state index is -0.0506. The number of hydrogen-bond acceptors (Lipinski definition) is 3. The molecule has 4 saturated carbocycles. The first-order valence-corrected chi connectivity index (χ1v) is 10.4. The summed E-state index contributed by atoms with van der Waals surface area (Å²) in [5, 5.41) is 3.46. The Morgan fingerprint density at radius 3 is 2.39 bits per heavy atom. The number of carbonyl (C=O) groups is 1. The average Bonchev–Trinajstić information content (AvgIpc) is 3.07. The van der Waals surface area contributed by atoms with E-state index in [0.717, 1.165) is 53.9 Å². The number of pyridine rings is 2. The molecule has 5 nitrogen and oxygen atoms in total. The lowest BCUT2D eigenvalue weighted by molar-refractivity contribution is -0.0168. The molecule has 0 spiro atoms. The Morgan fingerprint density at radius 2 is 1.71 bits per heavy atom. The molecule has 4 aliphatic rings. The fourth-order valence-corrected chi connectivity index (χ4v) is 6.45. The maximum atomic E-state index is 13.4. The van der Waals surface area contributed by atoms with Crippen LogP contribution in [0.1, 0.15) is 49.1 Å². The minimum absolute atomic E-state index is 0.0163. The van der Waals surface area contributed by atoms with Gasteiger partial charge in [0.15, 0.2) is 0 Å². The number of aromatic nitrogens is 3. The Morgan fingerprint density at radius 1 is 1.00 bits per heavy atom. The van der Waals surface area contributed by atoms with E-state index in [-0.39, 0.29) is 11.4 Å². The molecular weight excluding hydrogens is 348 g/mol. The van der Waals surface area contributed by atoms with Crippen LogP contribution >= 0.6 is 0 Å². The summed E-state index contributed by atoms with van der Waals surface area (Å²) in [6.07, 6.45) is 11.2. The molecule has 142 valence electrons. The lowest BCUT2D eigenvalue weighted by Crippen LogP contribution is -2.60. The maximum absolute atomic E-state index is 13.4. The van der Waals surface area contributed by atoms with Crippen LogP contribution < -0.4 is 5.32 Å². The van der Waals surface area contributed by atoms with Crippen LogP contribution in [0.4, 0.5) is 0 Å². The molecule has 3 heterocycles. The number of rotatable bonds is 3. The largest absolute Gasteiger partial charge is 0.344 e. The standard InChI is InChI=1S/C23H24N4O/c28-22(26-23-12-15-9-16(13-23)11-17(10-15)14-23)21-25-20(18-5-1-3-7-24-18)19-6-2-4-8-27(19)21/h1-8,15-17H,9-14H2,(H,26,28). The molecule has 3 aromatic heterocycles. The van der Waals surface area contributed by atoms with Crippen LogP contribution in [-0.2, 0) is 0 Å². The number of nitrogens with zero attached hydrogens (tertiary/aromatic N) is 3. The molecule has 4 fully saturated rings. The van der Waals surface area contributed by atoms with Gasteiger partial charge in [0.05, 0.1) is 11.2 Å². The van der Waals surface area contributed by atoms with Crippen molar-refractivity contribution in [3.63, 3.8) is 0 Å². The predicted octanol–water partition coefficient (Wildman–Crippen LogP) is 4.09. The van der Waals surface area contributed by atoms with Gasteiger partial charge in [0.25, 0.3) is 5.91 Å². The molecule has 0 aliphatic heterocycles. The van der Waals surface area contributed by atoms with Crippen molar-refractivity contribution in [3.05, 3.63) is 54.6 Å². The zero-order chi connectivity index (χ0) is 18.7. The number of nitrogens with one attached hydrogen (secondary N) is 1. The molecule has 3 aromatic rings. The van der Waals surface area contributed by atoms with E-state index < -0.39 is 0 Å². The monoisotopic (exact) mass is 372 g/mol. The van der Waals surface area contributed by atoms with Crippen molar-refractivity contribution < 1.29 is 4.79 Å². The van der Waals surface area contributed by atoms with Crippen molar-refractivity contribution in [2.75, 3.05) is 0 Å². The minimum Gasteiger partial charge on any atom is -0.344 e. The molecule has 0 saturated heterocycles. The maximum Gasteiger partial charge on any atom is 0.288 e. The number of hydrogen-bond donors (Lipinski definition) is 1. The lowest BCUT2D eigenvalue weighted by atomic mass is 9.53. The van der Waals surface area contributed by atoms with Crippen LogP contribution in [0.3, 0.4) is 0 Å². The van der Waals surface area contributed by atoms with Crippen molar-refractivity contribution in [2.24, 2.45) is 17.8 Å². The molecule has 0 atom stereocenters. The van der Waals surface area contributed by atoms with Gasteiger partial charge in [-0.3, -0.25) is 14.2 Å². The summed E-state index contributed by atoms with van der Waals surface area (Å²) in [7, 11) is 0. The molecular formula is C23H24N4O. The highest BCUT2D eigenvalue weighted by Crippen LogP contribution is 2.55. The fraction of sp³-hybridized carbons (Fsp3) is 0.435. The van der Waals surface area contributed by atoms with E-state index in [1.165, 1.54) is 19.3 Å². The third-order valence-electron chi connectivity index (χ3n) is 7.08. The molecule has 0 aromatic carbocycles. The van der Waals surface area contributed by atoms with E-state index in [0.29, 0.717) is 5.82 Å². The predicted molar refractivity (Wildman–Crippen MR) is 107 cm³/mol. The van der Waals surface area contributed by atoms with E-state index in [2.05, 4.69) is 10.3 Å². The molecule has 7 rings (SSSR count). The summed E-state index contributed by atoms with van der Waals surface area (Å²) in [6, 6.07) is 11.7. The van der Waals surface area contributed by atoms with Gasteiger partial charge in [-0.25, -0.2) is 4.98 Å². The number of fused-ring (bicyclic) bond motifs is 1. The Bertz CT molecular complexity index is 1020. The number of imidazole rings is 1. The molecule has 4 aliphatic carbocycles. The van der Waals surface area contributed by atoms with Crippen LogP contribution in [0.5, 0.6) is 0 Å². The second-order valence-corrected chi connectivity index (χ2v) is 9.11. The summed E-state index contributed by atoms with van der Waals surface area (Å²) in [6.45, 7) is 0. The molecule has 4 bridgehead atoms. The van der Waals surface area contributed by atoms with E-state index in [4.69, 9.17) is 4.98 Å². The van der Waals surface area contributed by atoms with Crippen LogP contribution in [0.15, 0.2) is 48.8 Å². The summed E-state index contributed by atoms with van der Waals surface area (Å²) >= 11 is 0. The zero-order valence-electron chi connectivity index (χ0n) is 15.8. The number of carbonyl (C=O) groups excluding carboxylic acids is 1. The SMILES string of the molecule is O=C(NC12CC3CC(CC(C3)C1)C2)c1nc(-c2ccccn2)c2ccccn12. The first-order chi connectivity index (χ1) is 13.7. The molecule has 1 amide bonds. The van der Waals surface area contributed by atoms with E-state index in [1.807, 2.05) is 47.0 Å². The van der Waals surface area contributed by atoms with Gasteiger partial charge < -0.3 is 5.32 Å². The normalized spacial score (nSPS) is 30.6. The van der Waals surface area contributed by atoms with Gasteiger partial charge in [-0.15, -0.1) is 0 Å². The Balaban J connectivity index is 1.38. The highest BCUT2D eigenvalue weighted by atomic mass is 16.2. The van der Waals surface area contributed by atoms with Crippen molar-refractivity contribution in [1.29, 1.82) is 0 Å². The lowest BCUT2D eigenvalue weighted by Gasteiger charge is -2.56. The Kier molecular flexibility index (Phi) is 3.43. The van der Waals surface area contributed by atoms with Gasteiger partial charge in [0.1, 0.15) is 5.69 Å². The quantitative estimate of drug-likeness (QED) is 0.753. The molecule has 1 N–H and O–H groups in total. The van der Waals surface area contributed by atoms with Gasteiger partial charge in [0, 0.05) is 17.9 Å². The average molecular weight is 372 g/mol. The van der Waals surface area contributed by atoms with E-state index >= 15 is 0 Å². The second kappa shape index (κ2) is 5.90. The third-order valence-corrected chi connectivity index (χ3v) is 7.08. The van der Waals surface area contributed by atoms with Crippen molar-refractivity contribution >= 4 is 11.4 Å². The van der Waals surface area contributed by atoms with Gasteiger partial charge in [-0.1, -0.05) is 12.1 Å².